The lowest BCUT2D eigenvalue weighted by molar-refractivity contribution is 0.551. The predicted octanol–water partition coefficient (Wildman–Crippen LogP) is 4.99. The molecule has 0 bridgehead atoms. The molecule has 0 aromatic heterocycles. The van der Waals surface area contributed by atoms with Crippen LogP contribution in [-0.2, 0) is 10.8 Å². The van der Waals surface area contributed by atoms with Crippen LogP contribution in [0, 0.1) is 0 Å². The van der Waals surface area contributed by atoms with Gasteiger partial charge in [-0.3, -0.25) is 4.21 Å². The van der Waals surface area contributed by atoms with Gasteiger partial charge < -0.3 is 5.32 Å². The average Bonchev–Trinajstić information content (AvgIpc) is 2.73. The molecule has 0 saturated heterocycles. The Labute approximate surface area is 165 Å². The van der Waals surface area contributed by atoms with E-state index in [1.165, 1.54) is 11.1 Å². The van der Waals surface area contributed by atoms with Crippen LogP contribution in [0.25, 0.3) is 0 Å². The van der Waals surface area contributed by atoms with Crippen molar-refractivity contribution in [1.82, 2.24) is 5.32 Å². The Morgan fingerprint density at radius 1 is 0.778 bits per heavy atom. The van der Waals surface area contributed by atoms with E-state index in [2.05, 4.69) is 72.9 Å². The highest BCUT2D eigenvalue weighted by molar-refractivity contribution is 7.85. The first-order chi connectivity index (χ1) is 13.2. The smallest absolute Gasteiger partial charge is 0.0545 e. The number of nitrogens with one attached hydrogen (secondary N) is 1. The minimum Gasteiger partial charge on any atom is -0.313 e. The highest BCUT2D eigenvalue weighted by Crippen LogP contribution is 2.27. The summed E-state index contributed by atoms with van der Waals surface area (Å²) in [6.45, 7) is 3.00. The quantitative estimate of drug-likeness (QED) is 0.569. The molecule has 0 radical (unpaired) electrons. The van der Waals surface area contributed by atoms with Crippen LogP contribution in [0.4, 0.5) is 0 Å². The Morgan fingerprint density at radius 3 is 1.78 bits per heavy atom. The monoisotopic (exact) mass is 377 g/mol. The second-order valence-electron chi connectivity index (χ2n) is 6.84. The summed E-state index contributed by atoms with van der Waals surface area (Å²) < 4.78 is 12.5. The highest BCUT2D eigenvalue weighted by atomic mass is 32.2. The van der Waals surface area contributed by atoms with Gasteiger partial charge >= 0.3 is 0 Å². The van der Waals surface area contributed by atoms with E-state index in [0.29, 0.717) is 11.7 Å². The van der Waals surface area contributed by atoms with Crippen LogP contribution in [0.3, 0.4) is 0 Å². The molecular formula is C24H27NOS. The SMILES string of the molecule is C[C@@H](C[S@](=O)c1ccccc1)NCCC(c1ccccc1)c1ccccc1. The predicted molar refractivity (Wildman–Crippen MR) is 115 cm³/mol. The van der Waals surface area contributed by atoms with Crippen LogP contribution >= 0.6 is 0 Å². The van der Waals surface area contributed by atoms with Gasteiger partial charge in [0, 0.05) is 22.6 Å². The van der Waals surface area contributed by atoms with Gasteiger partial charge in [0.05, 0.1) is 10.8 Å². The van der Waals surface area contributed by atoms with E-state index in [-0.39, 0.29) is 6.04 Å². The molecule has 0 aliphatic rings. The lowest BCUT2D eigenvalue weighted by Gasteiger charge is -2.20. The van der Waals surface area contributed by atoms with Gasteiger partial charge in [0.15, 0.2) is 0 Å². The lowest BCUT2D eigenvalue weighted by Crippen LogP contribution is -2.32. The first-order valence-corrected chi connectivity index (χ1v) is 10.8. The maximum atomic E-state index is 12.5. The van der Waals surface area contributed by atoms with Gasteiger partial charge in [-0.2, -0.15) is 0 Å². The average molecular weight is 378 g/mol. The summed E-state index contributed by atoms with van der Waals surface area (Å²) in [5, 5.41) is 3.56. The maximum absolute atomic E-state index is 12.5. The van der Waals surface area contributed by atoms with Crippen LogP contribution in [0.5, 0.6) is 0 Å². The Hall–Kier alpha value is -2.23. The summed E-state index contributed by atoms with van der Waals surface area (Å²) in [7, 11) is -0.962. The maximum Gasteiger partial charge on any atom is 0.0545 e. The fourth-order valence-electron chi connectivity index (χ4n) is 3.33. The van der Waals surface area contributed by atoms with Gasteiger partial charge in [-0.25, -0.2) is 0 Å². The van der Waals surface area contributed by atoms with Crippen molar-refractivity contribution < 1.29 is 4.21 Å². The lowest BCUT2D eigenvalue weighted by atomic mass is 9.88. The molecule has 1 N–H and O–H groups in total. The summed E-state index contributed by atoms with van der Waals surface area (Å²) in [6, 6.07) is 31.2. The third-order valence-electron chi connectivity index (χ3n) is 4.74. The molecular weight excluding hydrogens is 350 g/mol. The Bertz CT molecular complexity index is 781. The van der Waals surface area contributed by atoms with Crippen molar-refractivity contribution in [1.29, 1.82) is 0 Å². The van der Waals surface area contributed by atoms with E-state index in [4.69, 9.17) is 0 Å². The largest absolute Gasteiger partial charge is 0.313 e. The molecule has 27 heavy (non-hydrogen) atoms. The molecule has 0 aliphatic carbocycles. The summed E-state index contributed by atoms with van der Waals surface area (Å²) >= 11 is 0. The fourth-order valence-corrected chi connectivity index (χ4v) is 4.55. The zero-order valence-corrected chi connectivity index (χ0v) is 16.6. The third kappa shape index (κ3) is 5.88. The Morgan fingerprint density at radius 2 is 1.26 bits per heavy atom. The van der Waals surface area contributed by atoms with E-state index in [0.717, 1.165) is 17.9 Å². The van der Waals surface area contributed by atoms with Crippen LogP contribution < -0.4 is 5.32 Å². The Kier molecular flexibility index (Phi) is 7.37. The van der Waals surface area contributed by atoms with Crippen LogP contribution in [-0.4, -0.2) is 22.5 Å². The molecule has 0 unspecified atom stereocenters. The number of hydrogen-bond acceptors (Lipinski definition) is 2. The van der Waals surface area contributed by atoms with Crippen molar-refractivity contribution in [2.45, 2.75) is 30.2 Å². The molecule has 2 nitrogen and oxygen atoms in total. The molecule has 3 rings (SSSR count). The van der Waals surface area contributed by atoms with Crippen molar-refractivity contribution in [3.05, 3.63) is 102 Å². The van der Waals surface area contributed by atoms with Crippen LogP contribution in [0.2, 0.25) is 0 Å². The topological polar surface area (TPSA) is 29.1 Å². The highest BCUT2D eigenvalue weighted by Gasteiger charge is 2.15. The molecule has 0 saturated carbocycles. The summed E-state index contributed by atoms with van der Waals surface area (Å²) in [4.78, 5) is 0.901. The standard InChI is InChI=1S/C24H27NOS/c1-20(19-27(26)23-15-9-4-10-16-23)25-18-17-24(21-11-5-2-6-12-21)22-13-7-3-8-14-22/h2-16,20,24-25H,17-19H2,1H3/t20-,27-/m0/s1. The zero-order chi connectivity index (χ0) is 18.9. The van der Waals surface area contributed by atoms with Gasteiger partial charge in [0.1, 0.15) is 0 Å². The summed E-state index contributed by atoms with van der Waals surface area (Å²) in [6.07, 6.45) is 1.01. The number of hydrogen-bond donors (Lipinski definition) is 1. The minimum atomic E-state index is -0.962. The first kappa shape index (κ1) is 19.5. The minimum absolute atomic E-state index is 0.207. The van der Waals surface area contributed by atoms with E-state index in [1.54, 1.807) is 0 Å². The van der Waals surface area contributed by atoms with E-state index < -0.39 is 10.8 Å². The van der Waals surface area contributed by atoms with Gasteiger partial charge in [-0.05, 0) is 43.1 Å². The molecule has 2 atom stereocenters. The van der Waals surface area contributed by atoms with Gasteiger partial charge in [-0.15, -0.1) is 0 Å². The van der Waals surface area contributed by atoms with E-state index in [9.17, 15) is 4.21 Å². The second kappa shape index (κ2) is 10.2. The third-order valence-corrected chi connectivity index (χ3v) is 6.34. The summed E-state index contributed by atoms with van der Waals surface area (Å²) in [5.74, 6) is 0.998. The molecule has 140 valence electrons. The molecule has 0 amide bonds. The number of benzene rings is 3. The van der Waals surface area contributed by atoms with Crippen molar-refractivity contribution in [2.75, 3.05) is 12.3 Å². The Balaban J connectivity index is 1.57. The fraction of sp³-hybridized carbons (Fsp3) is 0.250. The molecule has 3 aromatic rings. The van der Waals surface area contributed by atoms with Crippen molar-refractivity contribution in [3.63, 3.8) is 0 Å². The van der Waals surface area contributed by atoms with Crippen molar-refractivity contribution >= 4 is 10.8 Å². The molecule has 0 heterocycles. The zero-order valence-electron chi connectivity index (χ0n) is 15.8. The molecule has 0 fully saturated rings. The molecule has 3 aromatic carbocycles. The number of rotatable bonds is 9. The van der Waals surface area contributed by atoms with Gasteiger partial charge in [-0.1, -0.05) is 78.9 Å². The van der Waals surface area contributed by atoms with E-state index in [1.807, 2.05) is 30.3 Å². The molecule has 0 aliphatic heterocycles. The normalized spacial score (nSPS) is 13.4. The van der Waals surface area contributed by atoms with E-state index >= 15 is 0 Å². The summed E-state index contributed by atoms with van der Waals surface area (Å²) in [5.41, 5.74) is 2.68. The molecule has 0 spiro atoms. The van der Waals surface area contributed by atoms with Gasteiger partial charge in [0.25, 0.3) is 0 Å². The van der Waals surface area contributed by atoms with Gasteiger partial charge in [0.2, 0.25) is 0 Å². The second-order valence-corrected chi connectivity index (χ2v) is 8.34. The van der Waals surface area contributed by atoms with Crippen molar-refractivity contribution in [3.8, 4) is 0 Å². The van der Waals surface area contributed by atoms with Crippen molar-refractivity contribution in [2.24, 2.45) is 0 Å². The first-order valence-electron chi connectivity index (χ1n) is 9.50. The van der Waals surface area contributed by atoms with Crippen LogP contribution in [0.15, 0.2) is 95.9 Å². The molecule has 3 heteroatoms. The van der Waals surface area contributed by atoms with Crippen LogP contribution in [0.1, 0.15) is 30.4 Å².